The van der Waals surface area contributed by atoms with Crippen molar-refractivity contribution in [1.29, 1.82) is 0 Å². The van der Waals surface area contributed by atoms with E-state index in [1.165, 1.54) is 0 Å². The van der Waals surface area contributed by atoms with E-state index in [2.05, 4.69) is 6.58 Å². The molecule has 0 bridgehead atoms. The minimum atomic E-state index is -0.950. The van der Waals surface area contributed by atoms with Crippen molar-refractivity contribution in [2.75, 3.05) is 20.3 Å². The minimum Gasteiger partial charge on any atom is -0.396 e. The first-order chi connectivity index (χ1) is 8.86. The Labute approximate surface area is 116 Å². The number of ether oxygens (including phenoxy) is 1. The summed E-state index contributed by atoms with van der Waals surface area (Å²) in [4.78, 5) is 0. The summed E-state index contributed by atoms with van der Waals surface area (Å²) in [6.07, 6.45) is 0.788. The quantitative estimate of drug-likeness (QED) is 0.430. The second-order valence-corrected chi connectivity index (χ2v) is 5.26. The normalized spacial score (nSPS) is 21.2. The minimum absolute atomic E-state index is 0.116. The second kappa shape index (κ2) is 8.66. The summed E-state index contributed by atoms with van der Waals surface area (Å²) in [5, 5.41) is 29.4. The van der Waals surface area contributed by atoms with Crippen molar-refractivity contribution >= 4 is 0 Å². The molecule has 0 aliphatic rings. The van der Waals surface area contributed by atoms with Gasteiger partial charge in [0.05, 0.1) is 18.8 Å². The highest BCUT2D eigenvalue weighted by atomic mass is 16.5. The van der Waals surface area contributed by atoms with Crippen molar-refractivity contribution in [1.82, 2.24) is 0 Å². The molecule has 0 saturated heterocycles. The molecule has 0 aromatic rings. The van der Waals surface area contributed by atoms with Gasteiger partial charge in [0, 0.05) is 31.1 Å². The van der Waals surface area contributed by atoms with E-state index in [0.29, 0.717) is 13.0 Å². The zero-order chi connectivity index (χ0) is 15.1. The van der Waals surface area contributed by atoms with E-state index in [1.807, 2.05) is 6.92 Å². The molecule has 0 aliphatic carbocycles. The first kappa shape index (κ1) is 18.5. The number of nitrogens with two attached hydrogens (primary N) is 1. The molecule has 0 fully saturated rings. The fraction of sp³-hybridized carbons (Fsp3) is 0.857. The highest BCUT2D eigenvalue weighted by Crippen LogP contribution is 2.29. The molecule has 0 amide bonds. The Morgan fingerprint density at radius 3 is 2.37 bits per heavy atom. The Bertz CT molecular complexity index is 258. The molecule has 0 aromatic heterocycles. The van der Waals surface area contributed by atoms with Crippen molar-refractivity contribution in [3.63, 3.8) is 0 Å². The predicted molar refractivity (Wildman–Crippen MR) is 75.7 cm³/mol. The molecule has 0 aliphatic heterocycles. The second-order valence-electron chi connectivity index (χ2n) is 5.26. The van der Waals surface area contributed by atoms with Crippen LogP contribution in [0, 0.1) is 11.8 Å². The van der Waals surface area contributed by atoms with Gasteiger partial charge in [-0.05, 0) is 19.8 Å². The van der Waals surface area contributed by atoms with Crippen LogP contribution in [-0.2, 0) is 4.74 Å². The lowest BCUT2D eigenvalue weighted by molar-refractivity contribution is -0.0511. The molecular weight excluding hydrogens is 246 g/mol. The monoisotopic (exact) mass is 275 g/mol. The molecule has 19 heavy (non-hydrogen) atoms. The Morgan fingerprint density at radius 2 is 2.00 bits per heavy atom. The molecule has 0 saturated carbocycles. The van der Waals surface area contributed by atoms with Gasteiger partial charge in [0.1, 0.15) is 0 Å². The fourth-order valence-corrected chi connectivity index (χ4v) is 2.41. The Balaban J connectivity index is 4.99. The van der Waals surface area contributed by atoms with Gasteiger partial charge in [0.25, 0.3) is 0 Å². The van der Waals surface area contributed by atoms with E-state index in [9.17, 15) is 10.2 Å². The van der Waals surface area contributed by atoms with Gasteiger partial charge in [0.15, 0.2) is 0 Å². The molecule has 5 unspecified atom stereocenters. The van der Waals surface area contributed by atoms with E-state index in [0.717, 1.165) is 0 Å². The van der Waals surface area contributed by atoms with Gasteiger partial charge in [-0.25, -0.2) is 0 Å². The third-order valence-corrected chi connectivity index (χ3v) is 3.86. The van der Waals surface area contributed by atoms with Gasteiger partial charge in [0.2, 0.25) is 0 Å². The third kappa shape index (κ3) is 4.85. The SMILES string of the molecule is C=CC(COC)C(C)(N)C(O)C(CC)C(O)CCO. The van der Waals surface area contributed by atoms with Gasteiger partial charge in [-0.3, -0.25) is 0 Å². The van der Waals surface area contributed by atoms with Crippen LogP contribution < -0.4 is 5.73 Å². The summed E-state index contributed by atoms with van der Waals surface area (Å²) in [5.41, 5.74) is 5.29. The van der Waals surface area contributed by atoms with E-state index in [-0.39, 0.29) is 24.9 Å². The topological polar surface area (TPSA) is 95.9 Å². The van der Waals surface area contributed by atoms with E-state index >= 15 is 0 Å². The third-order valence-electron chi connectivity index (χ3n) is 3.86. The highest BCUT2D eigenvalue weighted by molar-refractivity contribution is 5.03. The van der Waals surface area contributed by atoms with Crippen LogP contribution >= 0.6 is 0 Å². The van der Waals surface area contributed by atoms with Crippen LogP contribution in [0.1, 0.15) is 26.7 Å². The lowest BCUT2D eigenvalue weighted by Crippen LogP contribution is -2.59. The lowest BCUT2D eigenvalue weighted by atomic mass is 9.74. The molecule has 5 nitrogen and oxygen atoms in total. The van der Waals surface area contributed by atoms with Crippen molar-refractivity contribution in [3.8, 4) is 0 Å². The van der Waals surface area contributed by atoms with Crippen LogP contribution in [0.5, 0.6) is 0 Å². The van der Waals surface area contributed by atoms with Crippen LogP contribution in [0.25, 0.3) is 0 Å². The molecule has 0 rings (SSSR count). The Hall–Kier alpha value is -0.460. The summed E-state index contributed by atoms with van der Waals surface area (Å²) in [7, 11) is 1.57. The molecule has 5 heteroatoms. The summed E-state index contributed by atoms with van der Waals surface area (Å²) < 4.78 is 5.09. The van der Waals surface area contributed by atoms with Gasteiger partial charge >= 0.3 is 0 Å². The first-order valence-electron chi connectivity index (χ1n) is 6.74. The van der Waals surface area contributed by atoms with Crippen molar-refractivity contribution in [2.24, 2.45) is 17.6 Å². The average Bonchev–Trinajstić information content (AvgIpc) is 2.36. The molecule has 0 aromatic carbocycles. The maximum Gasteiger partial charge on any atom is 0.0776 e. The smallest absolute Gasteiger partial charge is 0.0776 e. The zero-order valence-corrected chi connectivity index (χ0v) is 12.2. The first-order valence-corrected chi connectivity index (χ1v) is 6.74. The highest BCUT2D eigenvalue weighted by Gasteiger charge is 2.41. The zero-order valence-electron chi connectivity index (χ0n) is 12.2. The van der Waals surface area contributed by atoms with Crippen molar-refractivity contribution in [3.05, 3.63) is 12.7 Å². The number of aliphatic hydroxyl groups is 3. The number of aliphatic hydroxyl groups excluding tert-OH is 3. The molecule has 0 heterocycles. The molecule has 114 valence electrons. The number of hydrogen-bond donors (Lipinski definition) is 4. The predicted octanol–water partition coefficient (Wildman–Crippen LogP) is 0.283. The Kier molecular flexibility index (Phi) is 8.45. The van der Waals surface area contributed by atoms with Crippen LogP contribution in [0.2, 0.25) is 0 Å². The van der Waals surface area contributed by atoms with E-state index < -0.39 is 17.7 Å². The van der Waals surface area contributed by atoms with Crippen LogP contribution in [0.3, 0.4) is 0 Å². The van der Waals surface area contributed by atoms with Crippen LogP contribution in [0.4, 0.5) is 0 Å². The van der Waals surface area contributed by atoms with Gasteiger partial charge in [-0.15, -0.1) is 6.58 Å². The summed E-state index contributed by atoms with van der Waals surface area (Å²) in [5.74, 6) is -0.607. The van der Waals surface area contributed by atoms with Crippen LogP contribution in [-0.4, -0.2) is 53.4 Å². The molecular formula is C14H29NO4. The van der Waals surface area contributed by atoms with E-state index in [1.54, 1.807) is 20.1 Å². The van der Waals surface area contributed by atoms with Crippen molar-refractivity contribution in [2.45, 2.75) is 44.4 Å². The van der Waals surface area contributed by atoms with E-state index in [4.69, 9.17) is 15.6 Å². The largest absolute Gasteiger partial charge is 0.396 e. The Morgan fingerprint density at radius 1 is 1.42 bits per heavy atom. The lowest BCUT2D eigenvalue weighted by Gasteiger charge is -2.41. The summed E-state index contributed by atoms with van der Waals surface area (Å²) in [6, 6.07) is 0. The number of methoxy groups -OCH3 is 1. The molecule has 5 atom stereocenters. The standard InChI is InChI=1S/C14H29NO4/c1-5-10(9-19-4)14(3,15)13(18)11(6-2)12(17)7-8-16/h5,10-13,16-18H,1,6-9,15H2,2-4H3. The van der Waals surface area contributed by atoms with Crippen molar-refractivity contribution < 1.29 is 20.1 Å². The van der Waals surface area contributed by atoms with Crippen LogP contribution in [0.15, 0.2) is 12.7 Å². The van der Waals surface area contributed by atoms with Gasteiger partial charge in [-0.1, -0.05) is 13.0 Å². The van der Waals surface area contributed by atoms with Gasteiger partial charge < -0.3 is 25.8 Å². The maximum atomic E-state index is 10.5. The summed E-state index contributed by atoms with van der Waals surface area (Å²) in [6.45, 7) is 7.58. The average molecular weight is 275 g/mol. The molecule has 0 radical (unpaired) electrons. The van der Waals surface area contributed by atoms with Gasteiger partial charge in [-0.2, -0.15) is 0 Å². The summed E-state index contributed by atoms with van der Waals surface area (Å²) >= 11 is 0. The fourth-order valence-electron chi connectivity index (χ4n) is 2.41. The molecule has 5 N–H and O–H groups in total. The number of hydrogen-bond acceptors (Lipinski definition) is 5. The molecule has 0 spiro atoms. The maximum absolute atomic E-state index is 10.5. The number of rotatable bonds is 10.